The Hall–Kier alpha value is -2.15. The summed E-state index contributed by atoms with van der Waals surface area (Å²) in [7, 11) is 0. The van der Waals surface area contributed by atoms with Crippen LogP contribution in [0.5, 0.6) is 0 Å². The van der Waals surface area contributed by atoms with E-state index in [1.54, 1.807) is 12.1 Å². The smallest absolute Gasteiger partial charge is 0.293 e. The molecule has 0 spiro atoms. The maximum absolute atomic E-state index is 13.3. The predicted octanol–water partition coefficient (Wildman–Crippen LogP) is 3.37. The summed E-state index contributed by atoms with van der Waals surface area (Å²) in [6, 6.07) is 5.59. The fraction of sp³-hybridized carbons (Fsp3) is 0.650. The topological polar surface area (TPSA) is 75.9 Å². The molecule has 2 saturated carbocycles. The summed E-state index contributed by atoms with van der Waals surface area (Å²) in [6.07, 6.45) is 7.77. The Bertz CT molecular complexity index is 707. The van der Waals surface area contributed by atoms with Gasteiger partial charge >= 0.3 is 0 Å². The van der Waals surface area contributed by atoms with E-state index in [1.165, 1.54) is 12.5 Å². The van der Waals surface area contributed by atoms with Crippen molar-refractivity contribution < 1.29 is 14.5 Å². The lowest BCUT2D eigenvalue weighted by molar-refractivity contribution is -0.384. The molecule has 3 fully saturated rings. The van der Waals surface area contributed by atoms with Gasteiger partial charge < -0.3 is 14.5 Å². The third-order valence-electron chi connectivity index (χ3n) is 5.91. The number of carbonyl (C=O) groups is 1. The van der Waals surface area contributed by atoms with E-state index in [1.807, 2.05) is 9.80 Å². The summed E-state index contributed by atoms with van der Waals surface area (Å²) >= 11 is 0. The lowest BCUT2D eigenvalue weighted by Gasteiger charge is -2.35. The Morgan fingerprint density at radius 3 is 2.37 bits per heavy atom. The van der Waals surface area contributed by atoms with E-state index in [2.05, 4.69) is 0 Å². The second-order valence-corrected chi connectivity index (χ2v) is 7.80. The Labute approximate surface area is 159 Å². The number of hydrogen-bond acceptors (Lipinski definition) is 5. The molecule has 1 aromatic rings. The first-order valence-corrected chi connectivity index (χ1v) is 10.1. The number of morpholine rings is 1. The SMILES string of the molecule is O=C(c1ccc(N2CCOCC2)c([N+](=O)[O-])c1)N(C1CCCCC1)C1CC1. The monoisotopic (exact) mass is 373 g/mol. The number of nitrogens with zero attached hydrogens (tertiary/aromatic N) is 3. The maximum Gasteiger partial charge on any atom is 0.293 e. The van der Waals surface area contributed by atoms with Crippen LogP contribution in [0.2, 0.25) is 0 Å². The van der Waals surface area contributed by atoms with Crippen molar-refractivity contribution in [2.75, 3.05) is 31.2 Å². The molecule has 146 valence electrons. The number of rotatable bonds is 5. The molecule has 0 unspecified atom stereocenters. The van der Waals surface area contributed by atoms with Crippen molar-refractivity contribution in [3.63, 3.8) is 0 Å². The van der Waals surface area contributed by atoms with E-state index in [0.29, 0.717) is 43.6 Å². The largest absolute Gasteiger partial charge is 0.378 e. The van der Waals surface area contributed by atoms with Crippen molar-refractivity contribution in [1.82, 2.24) is 4.90 Å². The van der Waals surface area contributed by atoms with Gasteiger partial charge in [0.2, 0.25) is 0 Å². The van der Waals surface area contributed by atoms with Gasteiger partial charge in [-0.2, -0.15) is 0 Å². The van der Waals surface area contributed by atoms with Crippen LogP contribution in [-0.4, -0.2) is 54.1 Å². The summed E-state index contributed by atoms with van der Waals surface area (Å²) in [5.41, 5.74) is 1.04. The minimum absolute atomic E-state index is 0.0159. The number of carbonyl (C=O) groups excluding carboxylic acids is 1. The third-order valence-corrected chi connectivity index (χ3v) is 5.91. The molecule has 4 rings (SSSR count). The summed E-state index contributed by atoms with van der Waals surface area (Å²) in [5, 5.41) is 11.7. The molecule has 1 aromatic carbocycles. The van der Waals surface area contributed by atoms with Gasteiger partial charge in [0, 0.05) is 36.8 Å². The van der Waals surface area contributed by atoms with Crippen molar-refractivity contribution >= 4 is 17.3 Å². The molecule has 7 heteroatoms. The van der Waals surface area contributed by atoms with Crippen molar-refractivity contribution in [3.8, 4) is 0 Å². The third kappa shape index (κ3) is 3.93. The fourth-order valence-corrected chi connectivity index (χ4v) is 4.37. The van der Waals surface area contributed by atoms with Gasteiger partial charge in [0.05, 0.1) is 18.1 Å². The van der Waals surface area contributed by atoms with E-state index in [0.717, 1.165) is 38.5 Å². The van der Waals surface area contributed by atoms with E-state index in [9.17, 15) is 14.9 Å². The standard InChI is InChI=1S/C20H27N3O4/c24-20(22(17-7-8-17)16-4-2-1-3-5-16)15-6-9-18(19(14-15)23(25)26)21-10-12-27-13-11-21/h6,9,14,16-17H,1-5,7-8,10-13H2. The van der Waals surface area contributed by atoms with Crippen molar-refractivity contribution in [3.05, 3.63) is 33.9 Å². The highest BCUT2D eigenvalue weighted by atomic mass is 16.6. The zero-order valence-electron chi connectivity index (χ0n) is 15.6. The minimum Gasteiger partial charge on any atom is -0.378 e. The molecule has 27 heavy (non-hydrogen) atoms. The first-order chi connectivity index (χ1) is 13.1. The van der Waals surface area contributed by atoms with Crippen LogP contribution in [0.25, 0.3) is 0 Å². The van der Waals surface area contributed by atoms with Crippen LogP contribution >= 0.6 is 0 Å². The Morgan fingerprint density at radius 2 is 1.74 bits per heavy atom. The van der Waals surface area contributed by atoms with Gasteiger partial charge in [-0.15, -0.1) is 0 Å². The maximum atomic E-state index is 13.3. The molecule has 0 radical (unpaired) electrons. The average molecular weight is 373 g/mol. The fourth-order valence-electron chi connectivity index (χ4n) is 4.37. The number of benzene rings is 1. The molecule has 2 aliphatic carbocycles. The summed E-state index contributed by atoms with van der Waals surface area (Å²) in [5.74, 6) is -0.0407. The first kappa shape index (κ1) is 18.2. The van der Waals surface area contributed by atoms with Crippen LogP contribution in [0.15, 0.2) is 18.2 Å². The predicted molar refractivity (Wildman–Crippen MR) is 102 cm³/mol. The number of anilines is 1. The normalized spacial score (nSPS) is 21.1. The number of hydrogen-bond donors (Lipinski definition) is 0. The molecule has 0 N–H and O–H groups in total. The molecular weight excluding hydrogens is 346 g/mol. The summed E-state index contributed by atoms with van der Waals surface area (Å²) < 4.78 is 5.34. The second-order valence-electron chi connectivity index (χ2n) is 7.80. The van der Waals surface area contributed by atoms with Gasteiger partial charge in [-0.3, -0.25) is 14.9 Å². The zero-order chi connectivity index (χ0) is 18.8. The molecule has 0 atom stereocenters. The number of nitro groups is 1. The molecule has 1 aliphatic heterocycles. The van der Waals surface area contributed by atoms with Crippen LogP contribution in [0.4, 0.5) is 11.4 Å². The molecular formula is C20H27N3O4. The van der Waals surface area contributed by atoms with E-state index in [4.69, 9.17) is 4.74 Å². The highest BCUT2D eigenvalue weighted by molar-refractivity contribution is 5.96. The number of nitro benzene ring substituents is 1. The lowest BCUT2D eigenvalue weighted by Crippen LogP contribution is -2.43. The summed E-state index contributed by atoms with van der Waals surface area (Å²) in [4.78, 5) is 28.6. The summed E-state index contributed by atoms with van der Waals surface area (Å²) in [6.45, 7) is 2.39. The Kier molecular flexibility index (Phi) is 5.29. The van der Waals surface area contributed by atoms with Gasteiger partial charge in [0.15, 0.2) is 0 Å². The molecule has 1 amide bonds. The van der Waals surface area contributed by atoms with Crippen LogP contribution in [0.3, 0.4) is 0 Å². The van der Waals surface area contributed by atoms with E-state index in [-0.39, 0.29) is 22.6 Å². The van der Waals surface area contributed by atoms with E-state index < -0.39 is 0 Å². The van der Waals surface area contributed by atoms with Crippen LogP contribution in [0, 0.1) is 10.1 Å². The van der Waals surface area contributed by atoms with Crippen molar-refractivity contribution in [1.29, 1.82) is 0 Å². The minimum atomic E-state index is -0.371. The molecule has 0 bridgehead atoms. The molecule has 1 saturated heterocycles. The van der Waals surface area contributed by atoms with Crippen LogP contribution < -0.4 is 4.90 Å². The molecule has 1 heterocycles. The van der Waals surface area contributed by atoms with Gasteiger partial charge in [0.25, 0.3) is 11.6 Å². The van der Waals surface area contributed by atoms with Gasteiger partial charge in [0.1, 0.15) is 5.69 Å². The van der Waals surface area contributed by atoms with E-state index >= 15 is 0 Å². The Morgan fingerprint density at radius 1 is 1.07 bits per heavy atom. The second kappa shape index (κ2) is 7.84. The van der Waals surface area contributed by atoms with Crippen LogP contribution in [0.1, 0.15) is 55.3 Å². The zero-order valence-corrected chi connectivity index (χ0v) is 15.6. The van der Waals surface area contributed by atoms with Crippen LogP contribution in [-0.2, 0) is 4.74 Å². The average Bonchev–Trinajstić information content (AvgIpc) is 3.54. The number of ether oxygens (including phenoxy) is 1. The quantitative estimate of drug-likeness (QED) is 0.584. The van der Waals surface area contributed by atoms with Crippen molar-refractivity contribution in [2.24, 2.45) is 0 Å². The van der Waals surface area contributed by atoms with Gasteiger partial charge in [-0.25, -0.2) is 0 Å². The van der Waals surface area contributed by atoms with Gasteiger partial charge in [-0.05, 0) is 37.8 Å². The molecule has 0 aromatic heterocycles. The Balaban J connectivity index is 1.61. The highest BCUT2D eigenvalue weighted by Gasteiger charge is 2.38. The molecule has 7 nitrogen and oxygen atoms in total. The lowest BCUT2D eigenvalue weighted by atomic mass is 9.93. The van der Waals surface area contributed by atoms with Gasteiger partial charge in [-0.1, -0.05) is 19.3 Å². The number of amides is 1. The van der Waals surface area contributed by atoms with Crippen molar-refractivity contribution in [2.45, 2.75) is 57.0 Å². The first-order valence-electron chi connectivity index (χ1n) is 10.1. The highest BCUT2D eigenvalue weighted by Crippen LogP contribution is 2.36. The molecule has 3 aliphatic rings.